The lowest BCUT2D eigenvalue weighted by molar-refractivity contribution is 0.270. The van der Waals surface area contributed by atoms with Crippen molar-refractivity contribution in [3.05, 3.63) is 47.3 Å². The van der Waals surface area contributed by atoms with E-state index in [4.69, 9.17) is 10.1 Å². The van der Waals surface area contributed by atoms with Gasteiger partial charge in [-0.1, -0.05) is 37.3 Å². The van der Waals surface area contributed by atoms with Gasteiger partial charge in [-0.25, -0.2) is 4.98 Å². The second-order valence-electron chi connectivity index (χ2n) is 7.70. The van der Waals surface area contributed by atoms with Crippen LogP contribution in [0.15, 0.2) is 30.3 Å². The third-order valence-electron chi connectivity index (χ3n) is 6.12. The molecule has 0 radical (unpaired) electrons. The molecule has 1 saturated heterocycles. The van der Waals surface area contributed by atoms with Crippen molar-refractivity contribution in [2.24, 2.45) is 0 Å². The Balaban J connectivity index is 1.69. The zero-order chi connectivity index (χ0) is 18.4. The van der Waals surface area contributed by atoms with Crippen LogP contribution in [0.1, 0.15) is 30.3 Å². The minimum absolute atomic E-state index is 1.02. The first-order chi connectivity index (χ1) is 13.3. The number of nitrogens with zero attached hydrogens (tertiary/aromatic N) is 5. The van der Waals surface area contributed by atoms with E-state index in [0.717, 1.165) is 56.9 Å². The smallest absolute Gasteiger partial charge is 0.165 e. The van der Waals surface area contributed by atoms with Gasteiger partial charge in [-0.15, -0.1) is 0 Å². The van der Waals surface area contributed by atoms with Crippen LogP contribution in [0.2, 0.25) is 0 Å². The predicted molar refractivity (Wildman–Crippen MR) is 110 cm³/mol. The van der Waals surface area contributed by atoms with Gasteiger partial charge in [-0.3, -0.25) is 0 Å². The summed E-state index contributed by atoms with van der Waals surface area (Å²) in [4.78, 5) is 10.2. The summed E-state index contributed by atoms with van der Waals surface area (Å²) in [7, 11) is 0. The zero-order valence-corrected chi connectivity index (χ0v) is 16.3. The molecule has 1 aliphatic heterocycles. The molecule has 0 amide bonds. The molecular formula is C22H27N5. The number of piperazine rings is 1. The molecule has 1 fully saturated rings. The van der Waals surface area contributed by atoms with Crippen molar-refractivity contribution in [3.8, 4) is 11.1 Å². The van der Waals surface area contributed by atoms with Gasteiger partial charge in [0.1, 0.15) is 5.82 Å². The number of likely N-dealkylation sites (N-methyl/N-ethyl adjacent to an activating group) is 1. The summed E-state index contributed by atoms with van der Waals surface area (Å²) < 4.78 is 2.14. The van der Waals surface area contributed by atoms with E-state index in [9.17, 15) is 0 Å². The van der Waals surface area contributed by atoms with Crippen molar-refractivity contribution < 1.29 is 0 Å². The second kappa shape index (κ2) is 6.64. The fraction of sp³-hybridized carbons (Fsp3) is 0.455. The Morgan fingerprint density at radius 2 is 1.78 bits per heavy atom. The monoisotopic (exact) mass is 361 g/mol. The first-order valence-corrected chi connectivity index (χ1v) is 10.2. The Morgan fingerprint density at radius 3 is 2.52 bits per heavy atom. The molecule has 27 heavy (non-hydrogen) atoms. The van der Waals surface area contributed by atoms with Crippen LogP contribution in [0.3, 0.4) is 0 Å². The molecule has 5 nitrogen and oxygen atoms in total. The number of hydrogen-bond donors (Lipinski definition) is 0. The molecule has 0 N–H and O–H groups in total. The SMILES string of the molecule is CCN1CCN(c2c3c(nc4c(-c5ccccc5)c(C)nn24)CCC3)CC1. The summed E-state index contributed by atoms with van der Waals surface area (Å²) in [6.07, 6.45) is 3.42. The van der Waals surface area contributed by atoms with Gasteiger partial charge in [0.2, 0.25) is 0 Å². The van der Waals surface area contributed by atoms with Crippen molar-refractivity contribution in [1.29, 1.82) is 0 Å². The molecule has 0 unspecified atom stereocenters. The molecule has 140 valence electrons. The number of anilines is 1. The molecule has 1 aliphatic carbocycles. The minimum atomic E-state index is 1.02. The summed E-state index contributed by atoms with van der Waals surface area (Å²) >= 11 is 0. The highest BCUT2D eigenvalue weighted by Crippen LogP contribution is 2.36. The lowest BCUT2D eigenvalue weighted by atomic mass is 10.1. The van der Waals surface area contributed by atoms with E-state index in [-0.39, 0.29) is 0 Å². The topological polar surface area (TPSA) is 36.7 Å². The fourth-order valence-corrected chi connectivity index (χ4v) is 4.66. The molecule has 3 aromatic rings. The van der Waals surface area contributed by atoms with E-state index in [0.29, 0.717) is 0 Å². The first-order valence-electron chi connectivity index (χ1n) is 10.2. The average Bonchev–Trinajstić information content (AvgIpc) is 3.30. The summed E-state index contributed by atoms with van der Waals surface area (Å²) in [5, 5.41) is 4.98. The van der Waals surface area contributed by atoms with Gasteiger partial charge in [-0.2, -0.15) is 9.61 Å². The van der Waals surface area contributed by atoms with E-state index in [1.807, 2.05) is 0 Å². The summed E-state index contributed by atoms with van der Waals surface area (Å²) in [5.41, 5.74) is 7.18. The van der Waals surface area contributed by atoms with Crippen molar-refractivity contribution in [2.45, 2.75) is 33.1 Å². The lowest BCUT2D eigenvalue weighted by Gasteiger charge is -2.36. The number of aryl methyl sites for hydroxylation is 2. The maximum absolute atomic E-state index is 5.10. The van der Waals surface area contributed by atoms with Gasteiger partial charge < -0.3 is 9.80 Å². The highest BCUT2D eigenvalue weighted by atomic mass is 15.4. The van der Waals surface area contributed by atoms with E-state index in [2.05, 4.69) is 58.5 Å². The maximum Gasteiger partial charge on any atom is 0.165 e. The van der Waals surface area contributed by atoms with Gasteiger partial charge >= 0.3 is 0 Å². The van der Waals surface area contributed by atoms with Crippen LogP contribution in [-0.4, -0.2) is 52.2 Å². The second-order valence-corrected chi connectivity index (χ2v) is 7.70. The number of benzene rings is 1. The third-order valence-corrected chi connectivity index (χ3v) is 6.12. The van der Waals surface area contributed by atoms with Gasteiger partial charge in [0, 0.05) is 43.0 Å². The van der Waals surface area contributed by atoms with Crippen LogP contribution < -0.4 is 4.90 Å². The number of hydrogen-bond acceptors (Lipinski definition) is 4. The first kappa shape index (κ1) is 16.8. The molecule has 5 rings (SSSR count). The molecule has 2 aromatic heterocycles. The zero-order valence-electron chi connectivity index (χ0n) is 16.3. The van der Waals surface area contributed by atoms with Crippen molar-refractivity contribution >= 4 is 11.5 Å². The van der Waals surface area contributed by atoms with Crippen LogP contribution in [0.5, 0.6) is 0 Å². The Labute approximate surface area is 160 Å². The van der Waals surface area contributed by atoms with Crippen molar-refractivity contribution in [1.82, 2.24) is 19.5 Å². The molecule has 1 aromatic carbocycles. The average molecular weight is 361 g/mol. The van der Waals surface area contributed by atoms with Crippen LogP contribution in [0, 0.1) is 6.92 Å². The maximum atomic E-state index is 5.10. The number of aromatic nitrogens is 3. The largest absolute Gasteiger partial charge is 0.354 e. The minimum Gasteiger partial charge on any atom is -0.354 e. The van der Waals surface area contributed by atoms with Gasteiger partial charge in [0.05, 0.1) is 5.69 Å². The molecular weight excluding hydrogens is 334 g/mol. The lowest BCUT2D eigenvalue weighted by Crippen LogP contribution is -2.47. The Kier molecular flexibility index (Phi) is 4.12. The van der Waals surface area contributed by atoms with Crippen molar-refractivity contribution in [3.63, 3.8) is 0 Å². The van der Waals surface area contributed by atoms with Crippen LogP contribution in [-0.2, 0) is 12.8 Å². The van der Waals surface area contributed by atoms with E-state index >= 15 is 0 Å². The fourth-order valence-electron chi connectivity index (χ4n) is 4.66. The van der Waals surface area contributed by atoms with Crippen LogP contribution >= 0.6 is 0 Å². The highest BCUT2D eigenvalue weighted by Gasteiger charge is 2.28. The number of rotatable bonds is 3. The van der Waals surface area contributed by atoms with Gasteiger partial charge in [0.25, 0.3) is 0 Å². The van der Waals surface area contributed by atoms with Gasteiger partial charge in [0.15, 0.2) is 5.65 Å². The molecule has 2 aliphatic rings. The van der Waals surface area contributed by atoms with E-state index in [1.54, 1.807) is 0 Å². The third kappa shape index (κ3) is 2.72. The number of fused-ring (bicyclic) bond motifs is 2. The van der Waals surface area contributed by atoms with E-state index in [1.165, 1.54) is 34.6 Å². The Morgan fingerprint density at radius 1 is 1.00 bits per heavy atom. The molecule has 0 atom stereocenters. The summed E-state index contributed by atoms with van der Waals surface area (Å²) in [5.74, 6) is 1.30. The molecule has 0 bridgehead atoms. The quantitative estimate of drug-likeness (QED) is 0.717. The summed E-state index contributed by atoms with van der Waals surface area (Å²) in [6, 6.07) is 10.6. The highest BCUT2D eigenvalue weighted by molar-refractivity contribution is 5.81. The molecule has 0 spiro atoms. The Hall–Kier alpha value is -2.40. The van der Waals surface area contributed by atoms with Crippen LogP contribution in [0.4, 0.5) is 5.82 Å². The standard InChI is InChI=1S/C22H27N5/c1-3-25-12-14-26(15-13-25)22-18-10-7-11-19(18)23-21-20(16(2)24-27(21)22)17-8-5-4-6-9-17/h4-6,8-9H,3,7,10-15H2,1-2H3. The summed E-state index contributed by atoms with van der Waals surface area (Å²) in [6.45, 7) is 9.89. The normalized spacial score (nSPS) is 17.6. The van der Waals surface area contributed by atoms with Crippen molar-refractivity contribution in [2.75, 3.05) is 37.6 Å². The molecule has 3 heterocycles. The van der Waals surface area contributed by atoms with E-state index < -0.39 is 0 Å². The Bertz CT molecular complexity index is 968. The predicted octanol–water partition coefficient (Wildman–Crippen LogP) is 3.34. The van der Waals surface area contributed by atoms with Crippen LogP contribution in [0.25, 0.3) is 16.8 Å². The van der Waals surface area contributed by atoms with Gasteiger partial charge in [-0.05, 0) is 38.3 Å². The molecule has 0 saturated carbocycles. The molecule has 5 heteroatoms.